The van der Waals surface area contributed by atoms with Crippen LogP contribution in [0, 0.1) is 0 Å². The molecule has 0 spiro atoms. The number of ether oxygens (including phenoxy) is 1. The molecule has 0 atom stereocenters. The number of amides is 2. The van der Waals surface area contributed by atoms with Crippen molar-refractivity contribution in [3.8, 4) is 0 Å². The van der Waals surface area contributed by atoms with Gasteiger partial charge >= 0.3 is 5.97 Å². The van der Waals surface area contributed by atoms with Gasteiger partial charge in [-0.25, -0.2) is 4.79 Å². The Morgan fingerprint density at radius 1 is 1.03 bits per heavy atom. The molecule has 1 saturated heterocycles. The topological polar surface area (TPSA) is 75.7 Å². The molecule has 30 heavy (non-hydrogen) atoms. The molecular weight excluding hydrogens is 400 g/mol. The molecule has 1 aliphatic rings. The molecule has 1 N–H and O–H groups in total. The van der Waals surface area contributed by atoms with Gasteiger partial charge in [-0.15, -0.1) is 0 Å². The monoisotopic (exact) mass is 426 g/mol. The summed E-state index contributed by atoms with van der Waals surface area (Å²) in [5, 5.41) is 2.75. The maximum absolute atomic E-state index is 12.1. The lowest BCUT2D eigenvalue weighted by Gasteiger charge is -2.15. The van der Waals surface area contributed by atoms with Crippen LogP contribution in [-0.2, 0) is 26.6 Å². The summed E-state index contributed by atoms with van der Waals surface area (Å²) in [6, 6.07) is 17.1. The van der Waals surface area contributed by atoms with Crippen LogP contribution in [0.4, 0.5) is 0 Å². The minimum atomic E-state index is -0.535. The third-order valence-corrected chi connectivity index (χ3v) is 5.78. The molecule has 0 aromatic heterocycles. The van der Waals surface area contributed by atoms with E-state index >= 15 is 0 Å². The predicted octanol–water partition coefficient (Wildman–Crippen LogP) is 3.02. The molecule has 0 saturated carbocycles. The maximum atomic E-state index is 12.1. The number of rotatable bonds is 10. The fourth-order valence-corrected chi connectivity index (χ4v) is 3.95. The number of hydrogen-bond donors (Lipinski definition) is 1. The summed E-state index contributed by atoms with van der Waals surface area (Å²) >= 11 is 1.74. The highest BCUT2D eigenvalue weighted by Gasteiger charge is 2.20. The number of carbonyl (C=O) groups is 3. The highest BCUT2D eigenvalue weighted by molar-refractivity contribution is 7.98. The molecule has 0 unspecified atom stereocenters. The zero-order valence-electron chi connectivity index (χ0n) is 16.8. The Balaban J connectivity index is 1.31. The first-order valence-electron chi connectivity index (χ1n) is 10.0. The SMILES string of the molecule is O=C(COC(=O)c1ccc(CN2CCCC2=O)cc1)NCCSCc1ccccc1. The average Bonchev–Trinajstić information content (AvgIpc) is 3.17. The van der Waals surface area contributed by atoms with Crippen LogP contribution >= 0.6 is 11.8 Å². The summed E-state index contributed by atoms with van der Waals surface area (Å²) in [6.07, 6.45) is 1.51. The van der Waals surface area contributed by atoms with Gasteiger partial charge in [0, 0.05) is 37.6 Å². The minimum Gasteiger partial charge on any atom is -0.452 e. The standard InChI is InChI=1S/C23H26N2O4S/c26-21(24-12-14-30-17-19-5-2-1-3-6-19)16-29-23(28)20-10-8-18(9-11-20)15-25-13-4-7-22(25)27/h1-3,5-6,8-11H,4,7,12-17H2,(H,24,26). The summed E-state index contributed by atoms with van der Waals surface area (Å²) in [5.41, 5.74) is 2.60. The number of esters is 1. The second-order valence-electron chi connectivity index (χ2n) is 7.08. The van der Waals surface area contributed by atoms with E-state index in [0.717, 1.165) is 30.0 Å². The van der Waals surface area contributed by atoms with Gasteiger partial charge in [-0.2, -0.15) is 11.8 Å². The zero-order valence-corrected chi connectivity index (χ0v) is 17.7. The van der Waals surface area contributed by atoms with Crippen LogP contribution in [0.5, 0.6) is 0 Å². The third-order valence-electron chi connectivity index (χ3n) is 4.75. The number of likely N-dealkylation sites (tertiary alicyclic amines) is 1. The van der Waals surface area contributed by atoms with Gasteiger partial charge in [-0.1, -0.05) is 42.5 Å². The first kappa shape index (κ1) is 21.9. The van der Waals surface area contributed by atoms with E-state index in [2.05, 4.69) is 17.4 Å². The summed E-state index contributed by atoms with van der Waals surface area (Å²) in [6.45, 7) is 1.56. The Morgan fingerprint density at radius 2 is 1.80 bits per heavy atom. The van der Waals surface area contributed by atoms with E-state index in [-0.39, 0.29) is 18.4 Å². The molecule has 2 amide bonds. The Labute approximate surface area is 181 Å². The second kappa shape index (κ2) is 11.4. The van der Waals surface area contributed by atoms with E-state index in [4.69, 9.17) is 4.74 Å². The van der Waals surface area contributed by atoms with Crippen molar-refractivity contribution < 1.29 is 19.1 Å². The Kier molecular flexibility index (Phi) is 8.32. The van der Waals surface area contributed by atoms with Gasteiger partial charge in [-0.3, -0.25) is 9.59 Å². The molecule has 7 heteroatoms. The van der Waals surface area contributed by atoms with E-state index < -0.39 is 5.97 Å². The van der Waals surface area contributed by atoms with Gasteiger partial charge in [0.1, 0.15) is 0 Å². The van der Waals surface area contributed by atoms with Crippen LogP contribution in [0.3, 0.4) is 0 Å². The summed E-state index contributed by atoms with van der Waals surface area (Å²) in [5.74, 6) is 1.01. The molecule has 2 aromatic rings. The van der Waals surface area contributed by atoms with E-state index in [0.29, 0.717) is 25.1 Å². The Bertz CT molecular complexity index is 855. The molecule has 158 valence electrons. The fourth-order valence-electron chi connectivity index (χ4n) is 3.13. The molecule has 3 rings (SSSR count). The molecule has 6 nitrogen and oxygen atoms in total. The Morgan fingerprint density at radius 3 is 2.50 bits per heavy atom. The quantitative estimate of drug-likeness (QED) is 0.467. The fraction of sp³-hybridized carbons (Fsp3) is 0.348. The predicted molar refractivity (Wildman–Crippen MR) is 117 cm³/mol. The molecule has 0 bridgehead atoms. The van der Waals surface area contributed by atoms with Crippen LogP contribution in [0.2, 0.25) is 0 Å². The van der Waals surface area contributed by atoms with E-state index in [1.807, 2.05) is 35.2 Å². The van der Waals surface area contributed by atoms with E-state index in [9.17, 15) is 14.4 Å². The van der Waals surface area contributed by atoms with Gasteiger partial charge < -0.3 is 15.0 Å². The van der Waals surface area contributed by atoms with Gasteiger partial charge in [0.25, 0.3) is 5.91 Å². The lowest BCUT2D eigenvalue weighted by molar-refractivity contribution is -0.128. The first-order chi connectivity index (χ1) is 14.6. The van der Waals surface area contributed by atoms with Crippen molar-refractivity contribution in [2.75, 3.05) is 25.4 Å². The Hall–Kier alpha value is -2.80. The number of thioether (sulfide) groups is 1. The first-order valence-corrected chi connectivity index (χ1v) is 11.2. The lowest BCUT2D eigenvalue weighted by atomic mass is 10.1. The largest absolute Gasteiger partial charge is 0.452 e. The smallest absolute Gasteiger partial charge is 0.338 e. The van der Waals surface area contributed by atoms with Crippen molar-refractivity contribution in [1.29, 1.82) is 0 Å². The summed E-state index contributed by atoms with van der Waals surface area (Å²) < 4.78 is 5.08. The van der Waals surface area contributed by atoms with Crippen molar-refractivity contribution in [3.05, 3.63) is 71.3 Å². The van der Waals surface area contributed by atoms with Crippen molar-refractivity contribution >= 4 is 29.5 Å². The van der Waals surface area contributed by atoms with Gasteiger partial charge in [0.05, 0.1) is 5.56 Å². The van der Waals surface area contributed by atoms with Gasteiger partial charge in [0.15, 0.2) is 6.61 Å². The van der Waals surface area contributed by atoms with Crippen LogP contribution in [0.25, 0.3) is 0 Å². The van der Waals surface area contributed by atoms with Crippen LogP contribution in [-0.4, -0.2) is 48.1 Å². The number of benzene rings is 2. The highest BCUT2D eigenvalue weighted by Crippen LogP contribution is 2.15. The average molecular weight is 427 g/mol. The zero-order chi connectivity index (χ0) is 21.2. The summed E-state index contributed by atoms with van der Waals surface area (Å²) in [4.78, 5) is 37.5. The normalized spacial score (nSPS) is 13.3. The molecule has 1 fully saturated rings. The minimum absolute atomic E-state index is 0.169. The number of carbonyl (C=O) groups excluding carboxylic acids is 3. The molecular formula is C23H26N2O4S. The highest BCUT2D eigenvalue weighted by atomic mass is 32.2. The molecule has 2 aromatic carbocycles. The number of nitrogens with one attached hydrogen (secondary N) is 1. The molecule has 0 radical (unpaired) electrons. The molecule has 1 aliphatic heterocycles. The van der Waals surface area contributed by atoms with Crippen LogP contribution in [0.15, 0.2) is 54.6 Å². The number of hydrogen-bond acceptors (Lipinski definition) is 5. The van der Waals surface area contributed by atoms with Crippen molar-refractivity contribution in [2.24, 2.45) is 0 Å². The summed E-state index contributed by atoms with van der Waals surface area (Å²) in [7, 11) is 0. The van der Waals surface area contributed by atoms with Crippen molar-refractivity contribution in [1.82, 2.24) is 10.2 Å². The van der Waals surface area contributed by atoms with Crippen LogP contribution < -0.4 is 5.32 Å². The van der Waals surface area contributed by atoms with Gasteiger partial charge in [0.2, 0.25) is 5.91 Å². The second-order valence-corrected chi connectivity index (χ2v) is 8.19. The van der Waals surface area contributed by atoms with Crippen molar-refractivity contribution in [3.63, 3.8) is 0 Å². The maximum Gasteiger partial charge on any atom is 0.338 e. The van der Waals surface area contributed by atoms with Crippen molar-refractivity contribution in [2.45, 2.75) is 25.1 Å². The van der Waals surface area contributed by atoms with Gasteiger partial charge in [-0.05, 0) is 29.7 Å². The van der Waals surface area contributed by atoms with Crippen LogP contribution in [0.1, 0.15) is 34.3 Å². The molecule has 0 aliphatic carbocycles. The molecule has 1 heterocycles. The van der Waals surface area contributed by atoms with E-state index in [1.165, 1.54) is 5.56 Å². The van der Waals surface area contributed by atoms with E-state index in [1.54, 1.807) is 23.9 Å². The third kappa shape index (κ3) is 6.91. The number of nitrogens with zero attached hydrogens (tertiary/aromatic N) is 1. The lowest BCUT2D eigenvalue weighted by Crippen LogP contribution is -2.30.